The number of hydrogen-bond donors (Lipinski definition) is 2. The zero-order valence-electron chi connectivity index (χ0n) is 18.2. The number of hydrogen-bond acceptors (Lipinski definition) is 4. The van der Waals surface area contributed by atoms with Crippen molar-refractivity contribution < 1.29 is 4.74 Å². The molecule has 2 heterocycles. The number of anilines is 2. The molecule has 0 unspecified atom stereocenters. The van der Waals surface area contributed by atoms with Gasteiger partial charge in [-0.1, -0.05) is 38.1 Å². The Balaban J connectivity index is 1.68. The van der Waals surface area contributed by atoms with Gasteiger partial charge in [-0.3, -0.25) is 4.90 Å². The van der Waals surface area contributed by atoms with Gasteiger partial charge < -0.3 is 15.4 Å². The molecule has 2 aromatic rings. The van der Waals surface area contributed by atoms with Gasteiger partial charge in [-0.25, -0.2) is 0 Å². The lowest BCUT2D eigenvalue weighted by Gasteiger charge is -2.41. The van der Waals surface area contributed by atoms with Gasteiger partial charge in [0.15, 0.2) is 0 Å². The number of rotatable bonds is 7. The largest absolute Gasteiger partial charge is 0.377 e. The molecule has 0 amide bonds. The van der Waals surface area contributed by atoms with Gasteiger partial charge in [0.25, 0.3) is 0 Å². The Kier molecular flexibility index (Phi) is 6.23. The fourth-order valence-corrected chi connectivity index (χ4v) is 5.05. The van der Waals surface area contributed by atoms with Gasteiger partial charge in [-0.15, -0.1) is 0 Å². The van der Waals surface area contributed by atoms with Gasteiger partial charge in [0.2, 0.25) is 0 Å². The molecule has 0 radical (unpaired) electrons. The number of nitrogens with zero attached hydrogens (tertiary/aromatic N) is 1. The molecule has 1 saturated heterocycles. The Labute approximate surface area is 175 Å². The van der Waals surface area contributed by atoms with Crippen molar-refractivity contribution in [2.45, 2.75) is 52.2 Å². The van der Waals surface area contributed by atoms with Crippen LogP contribution in [0.25, 0.3) is 0 Å². The van der Waals surface area contributed by atoms with Crippen molar-refractivity contribution >= 4 is 11.4 Å². The van der Waals surface area contributed by atoms with Crippen LogP contribution in [-0.2, 0) is 23.3 Å². The molecular formula is C25H35N3O. The van der Waals surface area contributed by atoms with Crippen LogP contribution in [0, 0.1) is 0 Å². The molecule has 4 heteroatoms. The van der Waals surface area contributed by atoms with Crippen molar-refractivity contribution in [1.82, 2.24) is 10.2 Å². The predicted octanol–water partition coefficient (Wildman–Crippen LogP) is 4.79. The normalized spacial score (nSPS) is 18.0. The number of ether oxygens (including phenoxy) is 1. The Morgan fingerprint density at radius 1 is 0.897 bits per heavy atom. The quantitative estimate of drug-likeness (QED) is 0.709. The van der Waals surface area contributed by atoms with E-state index in [1.54, 1.807) is 0 Å². The predicted molar refractivity (Wildman–Crippen MR) is 121 cm³/mol. The summed E-state index contributed by atoms with van der Waals surface area (Å²) in [4.78, 5) is 2.56. The van der Waals surface area contributed by atoms with Crippen molar-refractivity contribution in [3.63, 3.8) is 0 Å². The second kappa shape index (κ2) is 8.86. The lowest BCUT2D eigenvalue weighted by atomic mass is 9.67. The lowest BCUT2D eigenvalue weighted by molar-refractivity contribution is 0.134. The van der Waals surface area contributed by atoms with Crippen LogP contribution in [-0.4, -0.2) is 37.7 Å². The summed E-state index contributed by atoms with van der Waals surface area (Å²) in [7, 11) is 0. The molecular weight excluding hydrogens is 358 g/mol. The van der Waals surface area contributed by atoms with Crippen molar-refractivity contribution in [2.24, 2.45) is 0 Å². The molecule has 0 spiro atoms. The maximum absolute atomic E-state index is 5.64. The molecule has 1 fully saturated rings. The number of piperazine rings is 1. The monoisotopic (exact) mass is 393 g/mol. The molecule has 2 N–H and O–H groups in total. The third-order valence-electron chi connectivity index (χ3n) is 6.76. The van der Waals surface area contributed by atoms with Crippen LogP contribution in [0.3, 0.4) is 0 Å². The molecule has 4 rings (SSSR count). The fourth-order valence-electron chi connectivity index (χ4n) is 5.05. The highest BCUT2D eigenvalue weighted by Crippen LogP contribution is 2.50. The molecule has 0 aromatic heterocycles. The van der Waals surface area contributed by atoms with Gasteiger partial charge in [0.05, 0.1) is 6.61 Å². The van der Waals surface area contributed by atoms with Gasteiger partial charge in [-0.2, -0.15) is 0 Å². The summed E-state index contributed by atoms with van der Waals surface area (Å²) in [6.07, 6.45) is 2.21. The van der Waals surface area contributed by atoms with E-state index in [1.807, 2.05) is 6.92 Å². The molecule has 156 valence electrons. The zero-order chi connectivity index (χ0) is 20.3. The highest BCUT2D eigenvalue weighted by atomic mass is 16.5. The third-order valence-corrected chi connectivity index (χ3v) is 6.76. The summed E-state index contributed by atoms with van der Waals surface area (Å²) in [5.41, 5.74) is 8.12. The smallest absolute Gasteiger partial charge is 0.0717 e. The van der Waals surface area contributed by atoms with E-state index >= 15 is 0 Å². The van der Waals surface area contributed by atoms with E-state index in [-0.39, 0.29) is 5.41 Å². The van der Waals surface area contributed by atoms with Crippen molar-refractivity contribution in [3.8, 4) is 0 Å². The fraction of sp³-hybridized carbons (Fsp3) is 0.520. The Hall–Kier alpha value is -1.88. The van der Waals surface area contributed by atoms with Gasteiger partial charge in [-0.05, 0) is 54.2 Å². The molecule has 0 aliphatic carbocycles. The van der Waals surface area contributed by atoms with Crippen molar-refractivity contribution in [2.75, 3.05) is 38.1 Å². The molecule has 29 heavy (non-hydrogen) atoms. The first kappa shape index (κ1) is 20.4. The maximum Gasteiger partial charge on any atom is 0.0717 e. The first-order valence-corrected chi connectivity index (χ1v) is 11.2. The second-order valence-electron chi connectivity index (χ2n) is 8.34. The van der Waals surface area contributed by atoms with Crippen LogP contribution in [0.5, 0.6) is 0 Å². The molecule has 4 nitrogen and oxygen atoms in total. The highest BCUT2D eigenvalue weighted by Gasteiger charge is 2.38. The van der Waals surface area contributed by atoms with Crippen LogP contribution < -0.4 is 10.6 Å². The topological polar surface area (TPSA) is 36.5 Å². The van der Waals surface area contributed by atoms with E-state index < -0.39 is 0 Å². The highest BCUT2D eigenvalue weighted by molar-refractivity contribution is 5.76. The first-order valence-electron chi connectivity index (χ1n) is 11.2. The van der Waals surface area contributed by atoms with Crippen LogP contribution >= 0.6 is 0 Å². The lowest BCUT2D eigenvalue weighted by Crippen LogP contribution is -2.43. The summed E-state index contributed by atoms with van der Waals surface area (Å²) >= 11 is 0. The van der Waals surface area contributed by atoms with E-state index in [2.05, 4.69) is 65.8 Å². The second-order valence-corrected chi connectivity index (χ2v) is 8.34. The average molecular weight is 394 g/mol. The minimum atomic E-state index is 0.0690. The molecule has 0 saturated carbocycles. The third kappa shape index (κ3) is 3.94. The van der Waals surface area contributed by atoms with Gasteiger partial charge in [0, 0.05) is 56.1 Å². The number of nitrogens with one attached hydrogen (secondary N) is 2. The molecule has 2 aliphatic rings. The Bertz CT molecular complexity index is 838. The number of fused-ring (bicyclic) bond motifs is 2. The van der Waals surface area contributed by atoms with E-state index in [4.69, 9.17) is 4.74 Å². The molecule has 0 bridgehead atoms. The van der Waals surface area contributed by atoms with E-state index in [9.17, 15) is 0 Å². The minimum Gasteiger partial charge on any atom is -0.377 e. The first-order chi connectivity index (χ1) is 14.2. The zero-order valence-corrected chi connectivity index (χ0v) is 18.2. The van der Waals surface area contributed by atoms with Crippen LogP contribution in [0.2, 0.25) is 0 Å². The number of benzene rings is 2. The summed E-state index contributed by atoms with van der Waals surface area (Å²) in [6, 6.07) is 13.9. The van der Waals surface area contributed by atoms with E-state index in [1.165, 1.54) is 33.6 Å². The van der Waals surface area contributed by atoms with Gasteiger partial charge >= 0.3 is 0 Å². The van der Waals surface area contributed by atoms with Crippen LogP contribution in [0.15, 0.2) is 36.4 Å². The standard InChI is InChI=1S/C25H35N3O/c1-4-25(5-2)21-9-7-20(18-29-6-3)16-24(21)27-23-10-8-19(15-22(23)25)17-28-13-11-26-12-14-28/h7-10,15-16,26-27H,4-6,11-14,17-18H2,1-3H3. The Morgan fingerprint density at radius 3 is 2.38 bits per heavy atom. The molecule has 2 aliphatic heterocycles. The SMILES string of the molecule is CCOCc1ccc2c(c1)Nc1ccc(CN3CCNCC3)cc1C2(CC)CC. The Morgan fingerprint density at radius 2 is 1.66 bits per heavy atom. The summed E-state index contributed by atoms with van der Waals surface area (Å²) in [6.45, 7) is 13.6. The van der Waals surface area contributed by atoms with Crippen LogP contribution in [0.1, 0.15) is 55.9 Å². The van der Waals surface area contributed by atoms with E-state index in [0.717, 1.165) is 52.2 Å². The minimum absolute atomic E-state index is 0.0690. The summed E-state index contributed by atoms with van der Waals surface area (Å²) in [5.74, 6) is 0. The van der Waals surface area contributed by atoms with Gasteiger partial charge in [0.1, 0.15) is 0 Å². The molecule has 2 aromatic carbocycles. The van der Waals surface area contributed by atoms with E-state index in [0.29, 0.717) is 6.61 Å². The average Bonchev–Trinajstić information content (AvgIpc) is 2.77. The van der Waals surface area contributed by atoms with Crippen molar-refractivity contribution in [1.29, 1.82) is 0 Å². The summed E-state index contributed by atoms with van der Waals surface area (Å²) in [5, 5.41) is 7.18. The maximum atomic E-state index is 5.64. The van der Waals surface area contributed by atoms with Crippen LogP contribution in [0.4, 0.5) is 11.4 Å². The van der Waals surface area contributed by atoms with Crippen molar-refractivity contribution in [3.05, 3.63) is 58.7 Å². The summed E-state index contributed by atoms with van der Waals surface area (Å²) < 4.78 is 5.64. The molecule has 0 atom stereocenters.